The van der Waals surface area contributed by atoms with E-state index in [9.17, 15) is 4.79 Å². The van der Waals surface area contributed by atoms with E-state index in [-0.39, 0.29) is 12.0 Å². The van der Waals surface area contributed by atoms with Gasteiger partial charge in [-0.2, -0.15) is 0 Å². The van der Waals surface area contributed by atoms with Crippen molar-refractivity contribution in [3.63, 3.8) is 0 Å². The maximum Gasteiger partial charge on any atom is 0.270 e. The number of benzene rings is 1. The molecule has 0 aliphatic heterocycles. The van der Waals surface area contributed by atoms with Crippen LogP contribution in [0.3, 0.4) is 0 Å². The predicted octanol–water partition coefficient (Wildman–Crippen LogP) is 2.56. The normalized spacial score (nSPS) is 12.0. The molecule has 1 unspecified atom stereocenters. The van der Waals surface area contributed by atoms with Gasteiger partial charge < -0.3 is 10.1 Å². The summed E-state index contributed by atoms with van der Waals surface area (Å²) in [6, 6.07) is 8.93. The Kier molecular flexibility index (Phi) is 5.25. The van der Waals surface area contributed by atoms with Crippen LogP contribution in [-0.4, -0.2) is 29.5 Å². The highest BCUT2D eigenvalue weighted by Gasteiger charge is 2.14. The average Bonchev–Trinajstić information content (AvgIpc) is 2.48. The second-order valence-corrected chi connectivity index (χ2v) is 4.91. The van der Waals surface area contributed by atoms with Crippen LogP contribution in [0, 0.1) is 6.92 Å². The molecular formula is C15H16ClN3O2. The summed E-state index contributed by atoms with van der Waals surface area (Å²) < 4.78 is 5.40. The summed E-state index contributed by atoms with van der Waals surface area (Å²) in [6.07, 6.45) is 1.29. The van der Waals surface area contributed by atoms with E-state index >= 15 is 0 Å². The van der Waals surface area contributed by atoms with Gasteiger partial charge in [0.2, 0.25) is 0 Å². The molecule has 2 aromatic rings. The number of carbonyl (C=O) groups excluding carboxylic acids is 1. The molecule has 5 nitrogen and oxygen atoms in total. The number of hydrogen-bond donors (Lipinski definition) is 1. The largest absolute Gasteiger partial charge is 0.375 e. The minimum Gasteiger partial charge on any atom is -0.375 e. The SMILES string of the molecule is COC(CNC(=O)c1ccnc(C)n1)c1cccc(Cl)c1. The summed E-state index contributed by atoms with van der Waals surface area (Å²) in [7, 11) is 1.59. The zero-order valence-corrected chi connectivity index (χ0v) is 12.6. The van der Waals surface area contributed by atoms with Gasteiger partial charge in [-0.1, -0.05) is 23.7 Å². The quantitative estimate of drug-likeness (QED) is 0.922. The number of methoxy groups -OCH3 is 1. The third kappa shape index (κ3) is 4.24. The smallest absolute Gasteiger partial charge is 0.270 e. The number of amides is 1. The Morgan fingerprint density at radius 2 is 2.24 bits per heavy atom. The number of nitrogens with one attached hydrogen (secondary N) is 1. The topological polar surface area (TPSA) is 64.1 Å². The third-order valence-corrected chi connectivity index (χ3v) is 3.20. The first-order valence-corrected chi connectivity index (χ1v) is 6.84. The van der Waals surface area contributed by atoms with Crippen molar-refractivity contribution in [3.05, 3.63) is 58.6 Å². The van der Waals surface area contributed by atoms with Gasteiger partial charge in [-0.15, -0.1) is 0 Å². The fourth-order valence-electron chi connectivity index (χ4n) is 1.90. The monoisotopic (exact) mass is 305 g/mol. The van der Waals surface area contributed by atoms with Crippen molar-refractivity contribution < 1.29 is 9.53 Å². The minimum atomic E-state index is -0.268. The Hall–Kier alpha value is -1.98. The molecule has 1 aromatic carbocycles. The number of hydrogen-bond acceptors (Lipinski definition) is 4. The summed E-state index contributed by atoms with van der Waals surface area (Å²) in [5, 5.41) is 3.43. The van der Waals surface area contributed by atoms with Gasteiger partial charge in [0, 0.05) is 24.9 Å². The minimum absolute atomic E-state index is 0.260. The third-order valence-electron chi connectivity index (χ3n) is 2.96. The summed E-state index contributed by atoms with van der Waals surface area (Å²) in [5.74, 6) is 0.297. The van der Waals surface area contributed by atoms with E-state index in [1.54, 1.807) is 32.4 Å². The maximum absolute atomic E-state index is 12.0. The van der Waals surface area contributed by atoms with Crippen LogP contribution >= 0.6 is 11.6 Å². The lowest BCUT2D eigenvalue weighted by atomic mass is 10.1. The van der Waals surface area contributed by atoms with Crippen molar-refractivity contribution in [3.8, 4) is 0 Å². The number of carbonyl (C=O) groups is 1. The van der Waals surface area contributed by atoms with Crippen LogP contribution in [0.5, 0.6) is 0 Å². The summed E-state index contributed by atoms with van der Waals surface area (Å²) >= 11 is 5.96. The van der Waals surface area contributed by atoms with Crippen molar-refractivity contribution in [2.24, 2.45) is 0 Å². The summed E-state index contributed by atoms with van der Waals surface area (Å²) in [4.78, 5) is 20.1. The van der Waals surface area contributed by atoms with E-state index in [4.69, 9.17) is 16.3 Å². The number of ether oxygens (including phenoxy) is 1. The van der Waals surface area contributed by atoms with Crippen LogP contribution in [0.2, 0.25) is 5.02 Å². The van der Waals surface area contributed by atoms with Crippen LogP contribution in [-0.2, 0) is 4.74 Å². The van der Waals surface area contributed by atoms with Crippen molar-refractivity contribution in [1.29, 1.82) is 0 Å². The van der Waals surface area contributed by atoms with Gasteiger partial charge in [0.1, 0.15) is 11.5 Å². The van der Waals surface area contributed by atoms with E-state index in [0.717, 1.165) is 5.56 Å². The first kappa shape index (κ1) is 15.4. The van der Waals surface area contributed by atoms with E-state index in [1.165, 1.54) is 0 Å². The number of aromatic nitrogens is 2. The zero-order valence-electron chi connectivity index (χ0n) is 11.8. The van der Waals surface area contributed by atoms with Gasteiger partial charge in [-0.3, -0.25) is 4.79 Å². The standard InChI is InChI=1S/C15H16ClN3O2/c1-10-17-7-6-13(19-10)15(20)18-9-14(21-2)11-4-3-5-12(16)8-11/h3-8,14H,9H2,1-2H3,(H,18,20). The summed E-state index contributed by atoms with van der Waals surface area (Å²) in [6.45, 7) is 2.07. The molecule has 6 heteroatoms. The number of aryl methyl sites for hydroxylation is 1. The molecule has 1 aromatic heterocycles. The number of nitrogens with zero attached hydrogens (tertiary/aromatic N) is 2. The van der Waals surface area contributed by atoms with Crippen molar-refractivity contribution in [1.82, 2.24) is 15.3 Å². The highest BCUT2D eigenvalue weighted by Crippen LogP contribution is 2.19. The molecule has 0 fully saturated rings. The second kappa shape index (κ2) is 7.15. The Morgan fingerprint density at radius 3 is 2.90 bits per heavy atom. The molecule has 1 heterocycles. The van der Waals surface area contributed by atoms with Gasteiger partial charge >= 0.3 is 0 Å². The van der Waals surface area contributed by atoms with Crippen LogP contribution in [0.1, 0.15) is 28.0 Å². The fourth-order valence-corrected chi connectivity index (χ4v) is 2.10. The van der Waals surface area contributed by atoms with Crippen molar-refractivity contribution >= 4 is 17.5 Å². The Balaban J connectivity index is 2.02. The Labute approximate surface area is 128 Å². The van der Waals surface area contributed by atoms with Gasteiger partial charge in [0.25, 0.3) is 5.91 Å². The molecule has 0 saturated heterocycles. The van der Waals surface area contributed by atoms with Crippen LogP contribution < -0.4 is 5.32 Å². The Morgan fingerprint density at radius 1 is 1.43 bits per heavy atom. The van der Waals surface area contributed by atoms with E-state index in [1.807, 2.05) is 18.2 Å². The summed E-state index contributed by atoms with van der Waals surface area (Å²) in [5.41, 5.74) is 1.24. The van der Waals surface area contributed by atoms with Crippen LogP contribution in [0.25, 0.3) is 0 Å². The lowest BCUT2D eigenvalue weighted by Gasteiger charge is -2.16. The van der Waals surface area contributed by atoms with Gasteiger partial charge in [-0.05, 0) is 30.7 Å². The van der Waals surface area contributed by atoms with E-state index < -0.39 is 0 Å². The molecule has 0 spiro atoms. The van der Waals surface area contributed by atoms with Gasteiger partial charge in [0.15, 0.2) is 0 Å². The van der Waals surface area contributed by atoms with Crippen LogP contribution in [0.15, 0.2) is 36.5 Å². The lowest BCUT2D eigenvalue weighted by Crippen LogP contribution is -2.30. The molecule has 0 saturated carbocycles. The molecule has 0 aliphatic rings. The van der Waals surface area contributed by atoms with E-state index in [0.29, 0.717) is 23.1 Å². The Bertz CT molecular complexity index is 634. The molecule has 2 rings (SSSR count). The molecule has 1 amide bonds. The lowest BCUT2D eigenvalue weighted by molar-refractivity contribution is 0.0824. The average molecular weight is 306 g/mol. The first-order valence-electron chi connectivity index (χ1n) is 6.46. The zero-order chi connectivity index (χ0) is 15.2. The first-order chi connectivity index (χ1) is 10.1. The molecule has 0 aliphatic carbocycles. The highest BCUT2D eigenvalue weighted by atomic mass is 35.5. The van der Waals surface area contributed by atoms with Gasteiger partial charge in [-0.25, -0.2) is 9.97 Å². The second-order valence-electron chi connectivity index (χ2n) is 4.48. The molecule has 1 N–H and O–H groups in total. The molecule has 1 atom stereocenters. The fraction of sp³-hybridized carbons (Fsp3) is 0.267. The highest BCUT2D eigenvalue weighted by molar-refractivity contribution is 6.30. The van der Waals surface area contributed by atoms with Crippen molar-refractivity contribution in [2.75, 3.05) is 13.7 Å². The van der Waals surface area contributed by atoms with Crippen LogP contribution in [0.4, 0.5) is 0 Å². The number of halogens is 1. The molecule has 0 bridgehead atoms. The van der Waals surface area contributed by atoms with E-state index in [2.05, 4.69) is 15.3 Å². The molecule has 21 heavy (non-hydrogen) atoms. The number of rotatable bonds is 5. The van der Waals surface area contributed by atoms with Crippen molar-refractivity contribution in [2.45, 2.75) is 13.0 Å². The molecule has 0 radical (unpaired) electrons. The maximum atomic E-state index is 12.0. The van der Waals surface area contributed by atoms with Gasteiger partial charge in [0.05, 0.1) is 6.10 Å². The molecular weight excluding hydrogens is 290 g/mol. The molecule has 110 valence electrons. The predicted molar refractivity (Wildman–Crippen MR) is 80.3 cm³/mol.